The van der Waals surface area contributed by atoms with Crippen LogP contribution < -0.4 is 14.4 Å². The van der Waals surface area contributed by atoms with Crippen LogP contribution in [0.2, 0.25) is 0 Å². The zero-order valence-corrected chi connectivity index (χ0v) is 21.9. The van der Waals surface area contributed by atoms with E-state index in [4.69, 9.17) is 9.47 Å². The summed E-state index contributed by atoms with van der Waals surface area (Å²) in [6.45, 7) is 4.45. The molecular formula is C23H31N3O7S2. The summed E-state index contributed by atoms with van der Waals surface area (Å²) < 4.78 is 64.2. The number of carbonyl (C=O) groups excluding carboxylic acids is 1. The average molecular weight is 526 g/mol. The number of morpholine rings is 1. The molecule has 1 saturated heterocycles. The fourth-order valence-electron chi connectivity index (χ4n) is 3.79. The van der Waals surface area contributed by atoms with Crippen molar-refractivity contribution in [2.45, 2.75) is 24.7 Å². The molecule has 0 unspecified atom stereocenters. The Morgan fingerprint density at radius 3 is 2.37 bits per heavy atom. The molecule has 1 amide bonds. The number of hydrogen-bond donors (Lipinski definition) is 1. The molecule has 3 rings (SSSR count). The van der Waals surface area contributed by atoms with Crippen molar-refractivity contribution in [3.05, 3.63) is 48.0 Å². The average Bonchev–Trinajstić information content (AvgIpc) is 2.82. The van der Waals surface area contributed by atoms with Crippen LogP contribution in [0, 0.1) is 0 Å². The number of nitrogens with one attached hydrogen (secondary N) is 1. The number of nitrogens with zero attached hydrogens (tertiary/aromatic N) is 2. The van der Waals surface area contributed by atoms with E-state index in [0.29, 0.717) is 18.9 Å². The smallest absolute Gasteiger partial charge is 0.245 e. The lowest BCUT2D eigenvalue weighted by atomic mass is 10.0. The van der Waals surface area contributed by atoms with E-state index < -0.39 is 32.5 Å². The third-order valence-corrected chi connectivity index (χ3v) is 8.59. The third-order valence-electron chi connectivity index (χ3n) is 5.57. The Bertz CT molecular complexity index is 1270. The Kier molecular flexibility index (Phi) is 8.42. The minimum atomic E-state index is -3.81. The van der Waals surface area contributed by atoms with Crippen molar-refractivity contribution in [3.63, 3.8) is 0 Å². The van der Waals surface area contributed by atoms with Gasteiger partial charge in [0, 0.05) is 13.1 Å². The van der Waals surface area contributed by atoms with Crippen molar-refractivity contribution in [1.82, 2.24) is 4.31 Å². The van der Waals surface area contributed by atoms with Gasteiger partial charge in [-0.2, -0.15) is 4.31 Å². The molecule has 1 N–H and O–H groups in total. The lowest BCUT2D eigenvalue weighted by Crippen LogP contribution is -2.40. The maximum atomic E-state index is 13.0. The Morgan fingerprint density at radius 1 is 1.11 bits per heavy atom. The summed E-state index contributed by atoms with van der Waals surface area (Å²) in [7, 11) is -6.21. The van der Waals surface area contributed by atoms with E-state index in [2.05, 4.69) is 5.32 Å². The molecule has 1 heterocycles. The van der Waals surface area contributed by atoms with Crippen molar-refractivity contribution in [3.8, 4) is 5.75 Å². The van der Waals surface area contributed by atoms with Crippen molar-refractivity contribution in [2.75, 3.05) is 55.8 Å². The predicted octanol–water partition coefficient (Wildman–Crippen LogP) is 2.24. The summed E-state index contributed by atoms with van der Waals surface area (Å²) in [6, 6.07) is 11.2. The molecule has 0 saturated carbocycles. The van der Waals surface area contributed by atoms with Gasteiger partial charge in [-0.1, -0.05) is 32.0 Å². The number of benzene rings is 2. The van der Waals surface area contributed by atoms with Crippen LogP contribution in [0.25, 0.3) is 0 Å². The Hall–Kier alpha value is -2.67. The van der Waals surface area contributed by atoms with Gasteiger partial charge in [0.05, 0.1) is 42.8 Å². The molecule has 0 spiro atoms. The van der Waals surface area contributed by atoms with E-state index in [1.807, 2.05) is 26.0 Å². The van der Waals surface area contributed by atoms with Crippen LogP contribution in [0.15, 0.2) is 47.4 Å². The molecule has 1 fully saturated rings. The Labute approximate surface area is 206 Å². The van der Waals surface area contributed by atoms with E-state index in [1.54, 1.807) is 12.1 Å². The summed E-state index contributed by atoms with van der Waals surface area (Å²) in [6.07, 6.45) is 1.04. The molecule has 0 radical (unpaired) electrons. The summed E-state index contributed by atoms with van der Waals surface area (Å²) in [5, 5.41) is 2.62. The molecule has 0 bridgehead atoms. The highest BCUT2D eigenvalue weighted by atomic mass is 32.2. The van der Waals surface area contributed by atoms with Crippen LogP contribution in [-0.2, 0) is 29.6 Å². The molecule has 10 nitrogen and oxygen atoms in total. The van der Waals surface area contributed by atoms with Gasteiger partial charge >= 0.3 is 0 Å². The summed E-state index contributed by atoms with van der Waals surface area (Å²) in [4.78, 5) is 13.0. The monoisotopic (exact) mass is 525 g/mol. The first-order valence-electron chi connectivity index (χ1n) is 11.1. The highest BCUT2D eigenvalue weighted by Crippen LogP contribution is 2.31. The maximum absolute atomic E-state index is 13.0. The first kappa shape index (κ1) is 26.9. The minimum absolute atomic E-state index is 0.0133. The topological polar surface area (TPSA) is 122 Å². The molecule has 0 atom stereocenters. The number of hydrogen-bond acceptors (Lipinski definition) is 7. The molecule has 0 aromatic heterocycles. The number of ether oxygens (including phenoxy) is 2. The molecule has 35 heavy (non-hydrogen) atoms. The van der Waals surface area contributed by atoms with Gasteiger partial charge in [-0.25, -0.2) is 16.8 Å². The fraction of sp³-hybridized carbons (Fsp3) is 0.435. The van der Waals surface area contributed by atoms with Crippen molar-refractivity contribution in [2.24, 2.45) is 0 Å². The molecule has 1 aliphatic rings. The van der Waals surface area contributed by atoms with Gasteiger partial charge in [0.2, 0.25) is 26.0 Å². The number of anilines is 2. The zero-order chi connectivity index (χ0) is 25.8. The predicted molar refractivity (Wildman–Crippen MR) is 134 cm³/mol. The number of amides is 1. The number of sulfonamides is 2. The third kappa shape index (κ3) is 6.31. The molecule has 0 aliphatic carbocycles. The van der Waals surface area contributed by atoms with Gasteiger partial charge in [-0.3, -0.25) is 9.10 Å². The zero-order valence-electron chi connectivity index (χ0n) is 20.2. The number of para-hydroxylation sites is 1. The lowest BCUT2D eigenvalue weighted by molar-refractivity contribution is -0.114. The van der Waals surface area contributed by atoms with Gasteiger partial charge in [0.15, 0.2) is 0 Å². The SMILES string of the molecule is COc1ccc(S(=O)(=O)N2CCOCC2)cc1NC(=O)CN(c1ccccc1C(C)C)S(C)(=O)=O. The van der Waals surface area contributed by atoms with Crippen LogP contribution >= 0.6 is 0 Å². The van der Waals surface area contributed by atoms with Gasteiger partial charge in [-0.05, 0) is 35.7 Å². The van der Waals surface area contributed by atoms with Crippen LogP contribution in [0.1, 0.15) is 25.3 Å². The lowest BCUT2D eigenvalue weighted by Gasteiger charge is -2.27. The molecule has 1 aliphatic heterocycles. The van der Waals surface area contributed by atoms with Gasteiger partial charge in [0.1, 0.15) is 12.3 Å². The number of carbonyl (C=O) groups is 1. The van der Waals surface area contributed by atoms with Crippen LogP contribution in [-0.4, -0.2) is 73.3 Å². The number of rotatable bonds is 9. The van der Waals surface area contributed by atoms with Crippen molar-refractivity contribution in [1.29, 1.82) is 0 Å². The first-order chi connectivity index (χ1) is 16.4. The summed E-state index contributed by atoms with van der Waals surface area (Å²) >= 11 is 0. The second kappa shape index (κ2) is 10.9. The van der Waals surface area contributed by atoms with Gasteiger partial charge < -0.3 is 14.8 Å². The Morgan fingerprint density at radius 2 is 1.77 bits per heavy atom. The van der Waals surface area contributed by atoms with Crippen molar-refractivity contribution < 1.29 is 31.1 Å². The highest BCUT2D eigenvalue weighted by molar-refractivity contribution is 7.92. The van der Waals surface area contributed by atoms with E-state index in [0.717, 1.165) is 16.1 Å². The second-order valence-electron chi connectivity index (χ2n) is 8.41. The van der Waals surface area contributed by atoms with Crippen LogP contribution in [0.4, 0.5) is 11.4 Å². The molecule has 192 valence electrons. The molecule has 2 aromatic rings. The molecular weight excluding hydrogens is 494 g/mol. The first-order valence-corrected chi connectivity index (χ1v) is 14.4. The molecule has 2 aromatic carbocycles. The standard InChI is InChI=1S/C23H31N3O7S2/c1-17(2)19-7-5-6-8-21(19)26(34(4,28)29)16-23(27)24-20-15-18(9-10-22(20)32-3)35(30,31)25-11-13-33-14-12-25/h5-10,15,17H,11-14,16H2,1-4H3,(H,24,27). The molecule has 12 heteroatoms. The quantitative estimate of drug-likeness (QED) is 0.533. The van der Waals surface area contributed by atoms with E-state index in [1.165, 1.54) is 29.6 Å². The summed E-state index contributed by atoms with van der Waals surface area (Å²) in [5.41, 5.74) is 1.31. The maximum Gasteiger partial charge on any atom is 0.245 e. The fourth-order valence-corrected chi connectivity index (χ4v) is 6.10. The van der Waals surface area contributed by atoms with E-state index in [-0.39, 0.29) is 35.3 Å². The van der Waals surface area contributed by atoms with E-state index >= 15 is 0 Å². The number of methoxy groups -OCH3 is 1. The van der Waals surface area contributed by atoms with E-state index in [9.17, 15) is 21.6 Å². The van der Waals surface area contributed by atoms with Crippen LogP contribution in [0.3, 0.4) is 0 Å². The minimum Gasteiger partial charge on any atom is -0.495 e. The van der Waals surface area contributed by atoms with Gasteiger partial charge in [0.25, 0.3) is 0 Å². The van der Waals surface area contributed by atoms with Gasteiger partial charge in [-0.15, -0.1) is 0 Å². The summed E-state index contributed by atoms with van der Waals surface area (Å²) in [5.74, 6) is -0.373. The largest absolute Gasteiger partial charge is 0.495 e. The van der Waals surface area contributed by atoms with Crippen LogP contribution in [0.5, 0.6) is 5.75 Å². The van der Waals surface area contributed by atoms with Crippen molar-refractivity contribution >= 4 is 37.3 Å². The normalized spacial score (nSPS) is 15.1. The second-order valence-corrected chi connectivity index (χ2v) is 12.3. The highest BCUT2D eigenvalue weighted by Gasteiger charge is 2.28. The Balaban J connectivity index is 1.90.